The molecule has 12 aromatic rings. The summed E-state index contributed by atoms with van der Waals surface area (Å²) in [7, 11) is 0. The lowest BCUT2D eigenvalue weighted by Gasteiger charge is -2.12. The van der Waals surface area contributed by atoms with E-state index in [1.807, 2.05) is 60.7 Å². The smallest absolute Gasteiger partial charge is 0.164 e. The van der Waals surface area contributed by atoms with Crippen LogP contribution in [0.15, 0.2) is 223 Å². The highest BCUT2D eigenvalue weighted by Gasteiger charge is 2.22. The largest absolute Gasteiger partial charge is 0.454 e. The molecular weight excluding hydrogens is 757 g/mol. The molecule has 0 aliphatic carbocycles. The maximum atomic E-state index is 7.08. The average molecular weight is 793 g/mol. The molecule has 3 aromatic heterocycles. The molecule has 0 aliphatic rings. The second-order valence-corrected chi connectivity index (χ2v) is 15.6. The van der Waals surface area contributed by atoms with Gasteiger partial charge in [0.05, 0.1) is 16.7 Å². The van der Waals surface area contributed by atoms with Crippen LogP contribution in [0.25, 0.3) is 117 Å². The van der Waals surface area contributed by atoms with Crippen molar-refractivity contribution in [1.29, 1.82) is 0 Å². The number of furan rings is 1. The number of benzene rings is 9. The Bertz CT molecular complexity index is 3450. The lowest BCUT2D eigenvalue weighted by atomic mass is 10.0. The van der Waals surface area contributed by atoms with Gasteiger partial charge in [-0.2, -0.15) is 0 Å². The van der Waals surface area contributed by atoms with E-state index in [0.29, 0.717) is 17.5 Å². The Morgan fingerprint density at radius 3 is 1.18 bits per heavy atom. The zero-order chi connectivity index (χ0) is 41.0. The van der Waals surface area contributed by atoms with E-state index in [1.165, 1.54) is 33.0 Å². The van der Waals surface area contributed by atoms with Gasteiger partial charge in [-0.1, -0.05) is 170 Å². The first-order valence-electron chi connectivity index (χ1n) is 20.8. The zero-order valence-electron chi connectivity index (χ0n) is 33.5. The molecule has 12 rings (SSSR count). The molecule has 0 fully saturated rings. The molecule has 0 atom stereocenters. The highest BCUT2D eigenvalue weighted by Crippen LogP contribution is 2.43. The molecule has 290 valence electrons. The van der Waals surface area contributed by atoms with Crippen LogP contribution >= 0.6 is 0 Å². The summed E-state index contributed by atoms with van der Waals surface area (Å²) >= 11 is 0. The highest BCUT2D eigenvalue weighted by atomic mass is 16.3. The fourth-order valence-corrected chi connectivity index (χ4v) is 8.80. The molecule has 9 aromatic carbocycles. The van der Waals surface area contributed by atoms with Gasteiger partial charge >= 0.3 is 0 Å². The number of fused-ring (bicyclic) bond motifs is 6. The van der Waals surface area contributed by atoms with Crippen LogP contribution in [0.5, 0.6) is 0 Å². The van der Waals surface area contributed by atoms with E-state index < -0.39 is 0 Å². The lowest BCUT2D eigenvalue weighted by Crippen LogP contribution is -2.00. The summed E-state index contributed by atoms with van der Waals surface area (Å²) in [6.07, 6.45) is 0. The van der Waals surface area contributed by atoms with Gasteiger partial charge in [0.1, 0.15) is 5.58 Å². The van der Waals surface area contributed by atoms with Gasteiger partial charge in [0.15, 0.2) is 23.1 Å². The maximum Gasteiger partial charge on any atom is 0.164 e. The predicted molar refractivity (Wildman–Crippen MR) is 254 cm³/mol. The van der Waals surface area contributed by atoms with Crippen LogP contribution in [-0.4, -0.2) is 19.5 Å². The molecule has 5 nitrogen and oxygen atoms in total. The van der Waals surface area contributed by atoms with Crippen LogP contribution in [0.2, 0.25) is 0 Å². The number of nitrogens with zero attached hydrogens (tertiary/aromatic N) is 4. The van der Waals surface area contributed by atoms with Crippen molar-refractivity contribution in [2.45, 2.75) is 0 Å². The minimum atomic E-state index is 0.580. The molecule has 0 radical (unpaired) electrons. The van der Waals surface area contributed by atoms with Gasteiger partial charge < -0.3 is 8.98 Å². The molecule has 0 aliphatic heterocycles. The first kappa shape index (κ1) is 35.5. The molecule has 62 heavy (non-hydrogen) atoms. The third-order valence-electron chi connectivity index (χ3n) is 11.8. The minimum Gasteiger partial charge on any atom is -0.454 e. The number of aromatic nitrogens is 4. The normalized spacial score (nSPS) is 11.5. The SMILES string of the molecule is c1ccc(-c2cc(-n3c4ccc(-c5ccccc5)cc4c4cc(-c5ccccc5)ccc43)c3oc4cc(-c5nc(-c6ccccc6)nc(-c6ccccc6)n5)ccc4c3c2)cc1. The van der Waals surface area contributed by atoms with Crippen molar-refractivity contribution >= 4 is 43.7 Å². The Labute approximate surface area is 357 Å². The van der Waals surface area contributed by atoms with Crippen LogP contribution in [0.4, 0.5) is 0 Å². The van der Waals surface area contributed by atoms with Gasteiger partial charge in [-0.25, -0.2) is 15.0 Å². The second kappa shape index (κ2) is 14.7. The summed E-state index contributed by atoms with van der Waals surface area (Å²) in [4.78, 5) is 15.0. The molecule has 0 spiro atoms. The van der Waals surface area contributed by atoms with Crippen LogP contribution in [0, 0.1) is 0 Å². The van der Waals surface area contributed by atoms with E-state index in [1.54, 1.807) is 0 Å². The molecule has 0 amide bonds. The van der Waals surface area contributed by atoms with Gasteiger partial charge in [-0.15, -0.1) is 0 Å². The number of hydrogen-bond donors (Lipinski definition) is 0. The van der Waals surface area contributed by atoms with Crippen LogP contribution < -0.4 is 0 Å². The number of hydrogen-bond acceptors (Lipinski definition) is 4. The minimum absolute atomic E-state index is 0.580. The van der Waals surface area contributed by atoms with E-state index in [2.05, 4.69) is 162 Å². The van der Waals surface area contributed by atoms with Crippen molar-refractivity contribution in [1.82, 2.24) is 19.5 Å². The summed E-state index contributed by atoms with van der Waals surface area (Å²) in [5.74, 6) is 1.81. The standard InChI is InChI=1S/C57H36N4O/c1-6-16-37(17-7-1)42-27-30-50-47(32-42)48-33-43(38-18-8-2-9-19-38)28-31-51(48)61(50)52-35-45(39-20-10-3-11-21-39)34-49-46-29-26-44(36-53(46)62-54(49)52)57-59-55(40-22-12-4-13-23-40)58-56(60-57)41-24-14-5-15-25-41/h1-36H. The van der Waals surface area contributed by atoms with Crippen molar-refractivity contribution in [2.24, 2.45) is 0 Å². The fraction of sp³-hybridized carbons (Fsp3) is 0. The fourth-order valence-electron chi connectivity index (χ4n) is 8.80. The molecule has 0 saturated carbocycles. The summed E-state index contributed by atoms with van der Waals surface area (Å²) in [6, 6.07) is 76.5. The Balaban J connectivity index is 1.10. The van der Waals surface area contributed by atoms with Gasteiger partial charge in [-0.3, -0.25) is 0 Å². The third-order valence-corrected chi connectivity index (χ3v) is 11.8. The summed E-state index contributed by atoms with van der Waals surface area (Å²) in [5, 5.41) is 4.40. The van der Waals surface area contributed by atoms with Crippen molar-refractivity contribution in [3.8, 4) is 73.2 Å². The first-order chi connectivity index (χ1) is 30.7. The summed E-state index contributed by atoms with van der Waals surface area (Å²) in [6.45, 7) is 0. The first-order valence-corrected chi connectivity index (χ1v) is 20.8. The quantitative estimate of drug-likeness (QED) is 0.161. The average Bonchev–Trinajstić information content (AvgIpc) is 3.89. The molecule has 0 saturated heterocycles. The van der Waals surface area contributed by atoms with Crippen molar-refractivity contribution in [3.63, 3.8) is 0 Å². The lowest BCUT2D eigenvalue weighted by molar-refractivity contribution is 0.666. The van der Waals surface area contributed by atoms with E-state index in [-0.39, 0.29) is 0 Å². The molecule has 3 heterocycles. The van der Waals surface area contributed by atoms with Crippen LogP contribution in [0.1, 0.15) is 0 Å². The zero-order valence-corrected chi connectivity index (χ0v) is 33.5. The third kappa shape index (κ3) is 6.14. The topological polar surface area (TPSA) is 56.7 Å². The molecule has 5 heteroatoms. The van der Waals surface area contributed by atoms with Gasteiger partial charge in [0, 0.05) is 38.2 Å². The van der Waals surface area contributed by atoms with Crippen molar-refractivity contribution in [2.75, 3.05) is 0 Å². The Kier molecular flexibility index (Phi) is 8.42. The van der Waals surface area contributed by atoms with E-state index in [4.69, 9.17) is 19.4 Å². The second-order valence-electron chi connectivity index (χ2n) is 15.6. The molecule has 0 unspecified atom stereocenters. The Hall–Kier alpha value is -8.41. The van der Waals surface area contributed by atoms with E-state index >= 15 is 0 Å². The Morgan fingerprint density at radius 2 is 0.694 bits per heavy atom. The van der Waals surface area contributed by atoms with Gasteiger partial charge in [-0.05, 0) is 81.9 Å². The summed E-state index contributed by atoms with van der Waals surface area (Å²) < 4.78 is 9.47. The predicted octanol–water partition coefficient (Wildman–Crippen LogP) is 14.9. The number of rotatable bonds is 7. The van der Waals surface area contributed by atoms with Gasteiger partial charge in [0.25, 0.3) is 0 Å². The monoisotopic (exact) mass is 792 g/mol. The van der Waals surface area contributed by atoms with Crippen LogP contribution in [0.3, 0.4) is 0 Å². The molecular formula is C57H36N4O. The van der Waals surface area contributed by atoms with E-state index in [9.17, 15) is 0 Å². The Morgan fingerprint density at radius 1 is 0.290 bits per heavy atom. The molecule has 0 N–H and O–H groups in total. The molecule has 0 bridgehead atoms. The van der Waals surface area contributed by atoms with Crippen molar-refractivity contribution < 1.29 is 4.42 Å². The van der Waals surface area contributed by atoms with Crippen LogP contribution in [-0.2, 0) is 0 Å². The maximum absolute atomic E-state index is 7.08. The summed E-state index contributed by atoms with van der Waals surface area (Å²) in [5.41, 5.74) is 14.4. The highest BCUT2D eigenvalue weighted by molar-refractivity contribution is 6.15. The van der Waals surface area contributed by atoms with Crippen molar-refractivity contribution in [3.05, 3.63) is 218 Å². The van der Waals surface area contributed by atoms with E-state index in [0.717, 1.165) is 66.5 Å². The van der Waals surface area contributed by atoms with Gasteiger partial charge in [0.2, 0.25) is 0 Å².